The number of carbonyl (C=O) groups excluding carboxylic acids is 1. The molecule has 0 N–H and O–H groups in total. The molecule has 1 aromatic rings. The fourth-order valence-corrected chi connectivity index (χ4v) is 5.71. The van der Waals surface area contributed by atoms with Crippen molar-refractivity contribution < 1.29 is 17.9 Å². The van der Waals surface area contributed by atoms with E-state index in [1.54, 1.807) is 12.4 Å². The first kappa shape index (κ1) is 18.7. The zero-order valence-electron chi connectivity index (χ0n) is 15.7. The minimum absolute atomic E-state index is 0.0521. The van der Waals surface area contributed by atoms with Crippen LogP contribution in [0.2, 0.25) is 0 Å². The molecule has 0 unspecified atom stereocenters. The topological polar surface area (TPSA) is 79.8 Å². The first-order valence-corrected chi connectivity index (χ1v) is 11.6. The molecule has 0 spiro atoms. The van der Waals surface area contributed by atoms with Gasteiger partial charge in [-0.05, 0) is 37.8 Å². The smallest absolute Gasteiger partial charge is 0.226 e. The van der Waals surface area contributed by atoms with E-state index in [1.165, 1.54) is 10.6 Å². The molecule has 1 amide bonds. The Morgan fingerprint density at radius 1 is 1.07 bits per heavy atom. The molecule has 4 heterocycles. The summed E-state index contributed by atoms with van der Waals surface area (Å²) in [6.45, 7) is 0.901. The predicted molar refractivity (Wildman–Crippen MR) is 101 cm³/mol. The Morgan fingerprint density at radius 3 is 2.22 bits per heavy atom. The third kappa shape index (κ3) is 3.96. The third-order valence-corrected chi connectivity index (χ3v) is 7.47. The molecule has 0 radical (unpaired) electrons. The van der Waals surface area contributed by atoms with Crippen LogP contribution in [0.5, 0.6) is 5.75 Å². The molecular weight excluding hydrogens is 366 g/mol. The van der Waals surface area contributed by atoms with Gasteiger partial charge >= 0.3 is 0 Å². The van der Waals surface area contributed by atoms with Crippen molar-refractivity contribution in [2.75, 3.05) is 19.3 Å². The van der Waals surface area contributed by atoms with Gasteiger partial charge in [-0.1, -0.05) is 0 Å². The summed E-state index contributed by atoms with van der Waals surface area (Å²) in [4.78, 5) is 19.3. The van der Waals surface area contributed by atoms with Gasteiger partial charge in [-0.15, -0.1) is 0 Å². The number of hydrogen-bond donors (Lipinski definition) is 0. The minimum Gasteiger partial charge on any atom is -0.490 e. The molecule has 3 aliphatic heterocycles. The van der Waals surface area contributed by atoms with E-state index in [0.29, 0.717) is 25.9 Å². The number of pyridine rings is 1. The lowest BCUT2D eigenvalue weighted by Gasteiger charge is -2.41. The summed E-state index contributed by atoms with van der Waals surface area (Å²) in [6, 6.07) is 4.23. The number of nitrogens with zero attached hydrogens (tertiary/aromatic N) is 3. The number of carbonyl (C=O) groups is 1. The summed E-state index contributed by atoms with van der Waals surface area (Å²) in [5.41, 5.74) is 0. The Kier molecular flexibility index (Phi) is 5.11. The number of aromatic nitrogens is 1. The monoisotopic (exact) mass is 393 g/mol. The second-order valence-corrected chi connectivity index (χ2v) is 9.94. The van der Waals surface area contributed by atoms with Crippen molar-refractivity contribution in [3.63, 3.8) is 0 Å². The van der Waals surface area contributed by atoms with E-state index in [-0.39, 0.29) is 30.0 Å². The maximum absolute atomic E-state index is 13.1. The number of amides is 1. The van der Waals surface area contributed by atoms with Gasteiger partial charge in [0.1, 0.15) is 11.9 Å². The summed E-state index contributed by atoms with van der Waals surface area (Å²) in [5.74, 6) is 1.00. The van der Waals surface area contributed by atoms with E-state index in [9.17, 15) is 13.2 Å². The Morgan fingerprint density at radius 2 is 1.67 bits per heavy atom. The lowest BCUT2D eigenvalue weighted by molar-refractivity contribution is -0.142. The number of rotatable bonds is 4. The highest BCUT2D eigenvalue weighted by Gasteiger charge is 2.46. The summed E-state index contributed by atoms with van der Waals surface area (Å²) in [5, 5.41) is 0. The molecule has 0 saturated carbocycles. The lowest BCUT2D eigenvalue weighted by atomic mass is 9.92. The highest BCUT2D eigenvalue weighted by Crippen LogP contribution is 2.39. The molecule has 4 rings (SSSR count). The highest BCUT2D eigenvalue weighted by molar-refractivity contribution is 7.88. The van der Waals surface area contributed by atoms with Crippen LogP contribution < -0.4 is 4.74 Å². The molecule has 3 saturated heterocycles. The fourth-order valence-electron chi connectivity index (χ4n) is 4.84. The molecule has 27 heavy (non-hydrogen) atoms. The first-order valence-electron chi connectivity index (χ1n) is 9.76. The molecular formula is C19H27N3O4S. The van der Waals surface area contributed by atoms with Gasteiger partial charge < -0.3 is 9.64 Å². The summed E-state index contributed by atoms with van der Waals surface area (Å²) in [7, 11) is -3.16. The van der Waals surface area contributed by atoms with Gasteiger partial charge in [-0.25, -0.2) is 12.7 Å². The molecule has 3 aliphatic rings. The van der Waals surface area contributed by atoms with Crippen LogP contribution in [0.3, 0.4) is 0 Å². The molecule has 0 aliphatic carbocycles. The van der Waals surface area contributed by atoms with Gasteiger partial charge in [0, 0.05) is 56.3 Å². The van der Waals surface area contributed by atoms with E-state index in [2.05, 4.69) is 9.88 Å². The van der Waals surface area contributed by atoms with Crippen molar-refractivity contribution in [2.45, 2.75) is 56.7 Å². The second-order valence-electron chi connectivity index (χ2n) is 7.96. The number of fused-ring (bicyclic) bond motifs is 2. The van der Waals surface area contributed by atoms with Crippen molar-refractivity contribution in [3.05, 3.63) is 24.5 Å². The number of piperidine rings is 2. The number of sulfonamides is 1. The van der Waals surface area contributed by atoms with Crippen molar-refractivity contribution in [1.82, 2.24) is 14.2 Å². The molecule has 0 aromatic carbocycles. The van der Waals surface area contributed by atoms with Crippen LogP contribution in [0.25, 0.3) is 0 Å². The van der Waals surface area contributed by atoms with Crippen molar-refractivity contribution in [3.8, 4) is 5.75 Å². The zero-order valence-corrected chi connectivity index (χ0v) is 16.5. The summed E-state index contributed by atoms with van der Waals surface area (Å²) < 4.78 is 31.0. The SMILES string of the molecule is CS(=O)(=O)N1CCC(C(=O)N2[C@H]3CC[C@H]2CC(Oc2ccncc2)C3)CC1. The quantitative estimate of drug-likeness (QED) is 0.777. The molecule has 7 nitrogen and oxygen atoms in total. The van der Waals surface area contributed by atoms with Crippen molar-refractivity contribution >= 4 is 15.9 Å². The maximum Gasteiger partial charge on any atom is 0.226 e. The van der Waals surface area contributed by atoms with Crippen molar-refractivity contribution in [1.29, 1.82) is 0 Å². The largest absolute Gasteiger partial charge is 0.490 e. The number of hydrogen-bond acceptors (Lipinski definition) is 5. The first-order chi connectivity index (χ1) is 12.9. The zero-order chi connectivity index (χ0) is 19.0. The number of ether oxygens (including phenoxy) is 1. The van der Waals surface area contributed by atoms with Gasteiger partial charge in [-0.3, -0.25) is 9.78 Å². The third-order valence-electron chi connectivity index (χ3n) is 6.17. The van der Waals surface area contributed by atoms with Crippen LogP contribution in [0, 0.1) is 5.92 Å². The summed E-state index contributed by atoms with van der Waals surface area (Å²) >= 11 is 0. The van der Waals surface area contributed by atoms with E-state index >= 15 is 0 Å². The van der Waals surface area contributed by atoms with Gasteiger partial charge in [-0.2, -0.15) is 0 Å². The van der Waals surface area contributed by atoms with Gasteiger partial charge in [0.15, 0.2) is 0 Å². The van der Waals surface area contributed by atoms with Crippen LogP contribution >= 0.6 is 0 Å². The Hall–Kier alpha value is -1.67. The molecule has 3 fully saturated rings. The van der Waals surface area contributed by atoms with Gasteiger partial charge in [0.05, 0.1) is 6.26 Å². The second kappa shape index (κ2) is 7.39. The van der Waals surface area contributed by atoms with Crippen LogP contribution in [-0.2, 0) is 14.8 Å². The molecule has 8 heteroatoms. The van der Waals surface area contributed by atoms with Crippen molar-refractivity contribution in [2.24, 2.45) is 5.92 Å². The van der Waals surface area contributed by atoms with E-state index in [0.717, 1.165) is 31.4 Å². The predicted octanol–water partition coefficient (Wildman–Crippen LogP) is 1.65. The van der Waals surface area contributed by atoms with Gasteiger partial charge in [0.2, 0.25) is 15.9 Å². The lowest BCUT2D eigenvalue weighted by Crippen LogP contribution is -2.52. The average Bonchev–Trinajstić information content (AvgIpc) is 2.92. The van der Waals surface area contributed by atoms with Crippen LogP contribution in [0.4, 0.5) is 0 Å². The normalized spacial score (nSPS) is 29.7. The molecule has 148 valence electrons. The maximum atomic E-state index is 13.1. The highest BCUT2D eigenvalue weighted by atomic mass is 32.2. The van der Waals surface area contributed by atoms with Crippen LogP contribution in [-0.4, -0.2) is 66.0 Å². The van der Waals surface area contributed by atoms with E-state index < -0.39 is 10.0 Å². The Balaban J connectivity index is 1.36. The van der Waals surface area contributed by atoms with Crippen LogP contribution in [0.1, 0.15) is 38.5 Å². The molecule has 2 bridgehead atoms. The molecule has 2 atom stereocenters. The van der Waals surface area contributed by atoms with Gasteiger partial charge in [0.25, 0.3) is 0 Å². The van der Waals surface area contributed by atoms with E-state index in [1.807, 2.05) is 12.1 Å². The standard InChI is InChI=1S/C19H27N3O4S/c1-27(24,25)21-10-6-14(7-11-21)19(23)22-15-2-3-16(22)13-18(12-15)26-17-4-8-20-9-5-17/h4-5,8-9,14-16,18H,2-3,6-7,10-13H2,1H3/t15-,16-/m0/s1. The fraction of sp³-hybridized carbons (Fsp3) is 0.684. The molecule has 1 aromatic heterocycles. The minimum atomic E-state index is -3.16. The van der Waals surface area contributed by atoms with E-state index in [4.69, 9.17) is 4.74 Å². The van der Waals surface area contributed by atoms with Crippen LogP contribution in [0.15, 0.2) is 24.5 Å². The Labute approximate surface area is 160 Å². The average molecular weight is 394 g/mol. The summed E-state index contributed by atoms with van der Waals surface area (Å²) in [6.07, 6.45) is 9.89. The Bertz CT molecular complexity index is 763.